The normalized spacial score (nSPS) is 16.5. The molecule has 25 heavy (non-hydrogen) atoms. The third-order valence-electron chi connectivity index (χ3n) is 3.76. The topological polar surface area (TPSA) is 63.2 Å². The largest absolute Gasteiger partial charge is 0.443 e. The van der Waals surface area contributed by atoms with Crippen molar-refractivity contribution in [1.82, 2.24) is 10.3 Å². The van der Waals surface area contributed by atoms with E-state index in [-0.39, 0.29) is 0 Å². The monoisotopic (exact) mass is 347 g/mol. The minimum atomic E-state index is -0.534. The van der Waals surface area contributed by atoms with Crippen molar-refractivity contribution < 1.29 is 14.3 Å². The highest BCUT2D eigenvalue weighted by molar-refractivity contribution is 5.87. The molecule has 1 fully saturated rings. The van der Waals surface area contributed by atoms with E-state index in [0.29, 0.717) is 0 Å². The number of hydrazone groups is 1. The molecule has 1 N–H and O–H groups in total. The van der Waals surface area contributed by atoms with E-state index in [1.807, 2.05) is 39.0 Å². The SMILES string of the molecule is CC(C)(C)OC(=O)N/N=C(/CCc1ccccc1)CN1CCOCC1. The number of nitrogens with zero attached hydrogens (tertiary/aromatic N) is 2. The Balaban J connectivity index is 1.94. The lowest BCUT2D eigenvalue weighted by atomic mass is 10.1. The van der Waals surface area contributed by atoms with Crippen molar-refractivity contribution in [3.05, 3.63) is 35.9 Å². The van der Waals surface area contributed by atoms with Crippen molar-refractivity contribution in [2.75, 3.05) is 32.8 Å². The summed E-state index contributed by atoms with van der Waals surface area (Å²) < 4.78 is 10.6. The minimum Gasteiger partial charge on any atom is -0.443 e. The summed E-state index contributed by atoms with van der Waals surface area (Å²) in [7, 11) is 0. The number of aryl methyl sites for hydroxylation is 1. The van der Waals surface area contributed by atoms with Gasteiger partial charge in [0.2, 0.25) is 0 Å². The first kappa shape index (κ1) is 19.4. The first-order valence-corrected chi connectivity index (χ1v) is 8.81. The van der Waals surface area contributed by atoms with Crippen LogP contribution in [0.2, 0.25) is 0 Å². The van der Waals surface area contributed by atoms with Gasteiger partial charge in [-0.3, -0.25) is 4.90 Å². The van der Waals surface area contributed by atoms with Crippen LogP contribution < -0.4 is 5.43 Å². The second kappa shape index (κ2) is 9.53. The number of ether oxygens (including phenoxy) is 2. The quantitative estimate of drug-likeness (QED) is 0.635. The molecule has 0 spiro atoms. The van der Waals surface area contributed by atoms with Crippen LogP contribution in [0.5, 0.6) is 0 Å². The number of nitrogens with one attached hydrogen (secondary N) is 1. The van der Waals surface area contributed by atoms with E-state index in [0.717, 1.165) is 51.4 Å². The van der Waals surface area contributed by atoms with Crippen LogP contribution in [0.15, 0.2) is 35.4 Å². The Bertz CT molecular complexity index is 561. The van der Waals surface area contributed by atoms with Gasteiger partial charge in [-0.05, 0) is 39.2 Å². The van der Waals surface area contributed by atoms with E-state index < -0.39 is 11.7 Å². The van der Waals surface area contributed by atoms with Gasteiger partial charge >= 0.3 is 6.09 Å². The lowest BCUT2D eigenvalue weighted by Crippen LogP contribution is -2.40. The molecule has 0 aliphatic carbocycles. The fraction of sp³-hybridized carbons (Fsp3) is 0.579. The lowest BCUT2D eigenvalue weighted by molar-refractivity contribution is 0.0447. The molecule has 1 heterocycles. The molecule has 1 aromatic rings. The molecule has 1 aromatic carbocycles. The average molecular weight is 347 g/mol. The zero-order valence-corrected chi connectivity index (χ0v) is 15.5. The van der Waals surface area contributed by atoms with E-state index >= 15 is 0 Å². The molecular formula is C19H29N3O3. The number of hydrogen-bond donors (Lipinski definition) is 1. The number of hydrogen-bond acceptors (Lipinski definition) is 5. The Morgan fingerprint density at radius 3 is 2.56 bits per heavy atom. The van der Waals surface area contributed by atoms with Crippen LogP contribution in [0.1, 0.15) is 32.8 Å². The van der Waals surface area contributed by atoms with Crippen LogP contribution in [0, 0.1) is 0 Å². The standard InChI is InChI=1S/C19H29N3O3/c1-19(2,3)25-18(23)21-20-17(15-22-11-13-24-14-12-22)10-9-16-7-5-4-6-8-16/h4-8H,9-15H2,1-3H3,(H,21,23)/b20-17-. The highest BCUT2D eigenvalue weighted by Crippen LogP contribution is 2.08. The number of amides is 1. The molecule has 1 amide bonds. The van der Waals surface area contributed by atoms with E-state index in [1.54, 1.807) is 0 Å². The summed E-state index contributed by atoms with van der Waals surface area (Å²) in [6, 6.07) is 10.3. The molecule has 1 aliphatic rings. The third-order valence-corrected chi connectivity index (χ3v) is 3.76. The minimum absolute atomic E-state index is 0.522. The molecule has 0 atom stereocenters. The molecule has 0 saturated carbocycles. The highest BCUT2D eigenvalue weighted by Gasteiger charge is 2.17. The summed E-state index contributed by atoms with van der Waals surface area (Å²) >= 11 is 0. The van der Waals surface area contributed by atoms with Gasteiger partial charge in [0, 0.05) is 19.6 Å². The summed E-state index contributed by atoms with van der Waals surface area (Å²) in [6.07, 6.45) is 1.16. The number of carbonyl (C=O) groups is 1. The maximum Gasteiger partial charge on any atom is 0.428 e. The molecule has 6 heteroatoms. The Labute approximate surface area is 150 Å². The summed E-state index contributed by atoms with van der Waals surface area (Å²) in [5, 5.41) is 4.33. The van der Waals surface area contributed by atoms with Crippen molar-refractivity contribution in [3.63, 3.8) is 0 Å². The van der Waals surface area contributed by atoms with Gasteiger partial charge in [-0.2, -0.15) is 5.10 Å². The Morgan fingerprint density at radius 2 is 1.92 bits per heavy atom. The molecular weight excluding hydrogens is 318 g/mol. The molecule has 138 valence electrons. The maximum absolute atomic E-state index is 11.9. The van der Waals surface area contributed by atoms with E-state index in [4.69, 9.17) is 9.47 Å². The van der Waals surface area contributed by atoms with Crippen molar-refractivity contribution in [2.24, 2.45) is 5.10 Å². The number of carbonyl (C=O) groups excluding carboxylic acids is 1. The first-order valence-electron chi connectivity index (χ1n) is 8.81. The van der Waals surface area contributed by atoms with Gasteiger partial charge in [-0.1, -0.05) is 30.3 Å². The van der Waals surface area contributed by atoms with E-state index in [1.165, 1.54) is 5.56 Å². The fourth-order valence-corrected chi connectivity index (χ4v) is 2.55. The van der Waals surface area contributed by atoms with Crippen LogP contribution in [-0.2, 0) is 15.9 Å². The van der Waals surface area contributed by atoms with Crippen molar-refractivity contribution >= 4 is 11.8 Å². The second-order valence-electron chi connectivity index (χ2n) is 7.17. The Kier molecular flexibility index (Phi) is 7.40. The van der Waals surface area contributed by atoms with Gasteiger partial charge in [-0.15, -0.1) is 0 Å². The van der Waals surface area contributed by atoms with Gasteiger partial charge in [0.05, 0.1) is 18.9 Å². The van der Waals surface area contributed by atoms with E-state index in [9.17, 15) is 4.79 Å². The molecule has 0 bridgehead atoms. The summed E-state index contributed by atoms with van der Waals surface area (Å²) in [6.45, 7) is 9.48. The lowest BCUT2D eigenvalue weighted by Gasteiger charge is -2.27. The zero-order valence-electron chi connectivity index (χ0n) is 15.5. The van der Waals surface area contributed by atoms with E-state index in [2.05, 4.69) is 27.6 Å². The van der Waals surface area contributed by atoms with Crippen molar-refractivity contribution in [3.8, 4) is 0 Å². The van der Waals surface area contributed by atoms with Gasteiger partial charge in [0.15, 0.2) is 0 Å². The summed E-state index contributed by atoms with van der Waals surface area (Å²) in [4.78, 5) is 14.2. The van der Waals surface area contributed by atoms with Crippen LogP contribution in [-0.4, -0.2) is 55.2 Å². The Hall–Kier alpha value is -1.92. The molecule has 1 aliphatic heterocycles. The molecule has 6 nitrogen and oxygen atoms in total. The number of benzene rings is 1. The second-order valence-corrected chi connectivity index (χ2v) is 7.17. The first-order chi connectivity index (χ1) is 11.9. The van der Waals surface area contributed by atoms with Gasteiger partial charge < -0.3 is 9.47 Å². The average Bonchev–Trinajstić information content (AvgIpc) is 2.57. The number of morpholine rings is 1. The zero-order chi connectivity index (χ0) is 18.1. The Morgan fingerprint density at radius 1 is 1.24 bits per heavy atom. The van der Waals surface area contributed by atoms with Crippen LogP contribution in [0.25, 0.3) is 0 Å². The predicted octanol–water partition coefficient (Wildman–Crippen LogP) is 2.83. The maximum atomic E-state index is 11.9. The fourth-order valence-electron chi connectivity index (χ4n) is 2.55. The molecule has 0 unspecified atom stereocenters. The third kappa shape index (κ3) is 8.14. The predicted molar refractivity (Wildman–Crippen MR) is 98.8 cm³/mol. The highest BCUT2D eigenvalue weighted by atomic mass is 16.6. The van der Waals surface area contributed by atoms with Gasteiger partial charge in [0.1, 0.15) is 5.60 Å². The van der Waals surface area contributed by atoms with Crippen molar-refractivity contribution in [1.29, 1.82) is 0 Å². The van der Waals surface area contributed by atoms with Crippen LogP contribution in [0.4, 0.5) is 4.79 Å². The van der Waals surface area contributed by atoms with Crippen molar-refractivity contribution in [2.45, 2.75) is 39.2 Å². The van der Waals surface area contributed by atoms with Crippen LogP contribution in [0.3, 0.4) is 0 Å². The summed E-state index contributed by atoms with van der Waals surface area (Å²) in [5.74, 6) is 0. The number of rotatable bonds is 6. The molecule has 2 rings (SSSR count). The summed E-state index contributed by atoms with van der Waals surface area (Å²) in [5.41, 5.74) is 4.20. The van der Waals surface area contributed by atoms with Gasteiger partial charge in [-0.25, -0.2) is 10.2 Å². The molecule has 0 radical (unpaired) electrons. The molecule has 1 saturated heterocycles. The molecule has 0 aromatic heterocycles. The van der Waals surface area contributed by atoms with Crippen LogP contribution >= 0.6 is 0 Å². The smallest absolute Gasteiger partial charge is 0.428 e. The van der Waals surface area contributed by atoms with Gasteiger partial charge in [0.25, 0.3) is 0 Å².